The molecule has 0 spiro atoms. The van der Waals surface area contributed by atoms with Crippen molar-refractivity contribution in [2.45, 2.75) is 19.1 Å². The summed E-state index contributed by atoms with van der Waals surface area (Å²) in [5.41, 5.74) is 5.25. The molecule has 2 atom stereocenters. The fourth-order valence-corrected chi connectivity index (χ4v) is 3.40. The van der Waals surface area contributed by atoms with Gasteiger partial charge in [0, 0.05) is 24.2 Å². The van der Waals surface area contributed by atoms with Crippen LogP contribution in [0.5, 0.6) is 5.75 Å². The number of allylic oxidation sites excluding steroid dienone is 1. The molecule has 30 heavy (non-hydrogen) atoms. The molecule has 0 aliphatic carbocycles. The van der Waals surface area contributed by atoms with Gasteiger partial charge in [0.25, 0.3) is 0 Å². The van der Waals surface area contributed by atoms with Crippen LogP contribution in [0.15, 0.2) is 77.2 Å². The summed E-state index contributed by atoms with van der Waals surface area (Å²) in [5.74, 6) is -0.887. The Labute approximate surface area is 173 Å². The molecule has 0 saturated heterocycles. The van der Waals surface area contributed by atoms with Crippen LogP contribution in [0.3, 0.4) is 0 Å². The Hall–Kier alpha value is -3.81. The number of nitrogens with one attached hydrogen (secondary N) is 2. The molecule has 0 amide bonds. The number of ether oxygens (including phenoxy) is 1. The number of hydrogen-bond donors (Lipinski definition) is 3. The summed E-state index contributed by atoms with van der Waals surface area (Å²) in [6.45, 7) is 2.03. The van der Waals surface area contributed by atoms with Crippen molar-refractivity contribution >= 4 is 12.2 Å². The van der Waals surface area contributed by atoms with E-state index in [2.05, 4.69) is 15.7 Å². The van der Waals surface area contributed by atoms with Crippen molar-refractivity contribution < 1.29 is 19.0 Å². The molecule has 0 radical (unpaired) electrons. The third-order valence-corrected chi connectivity index (χ3v) is 4.80. The van der Waals surface area contributed by atoms with E-state index in [1.54, 1.807) is 30.5 Å². The van der Waals surface area contributed by atoms with Crippen LogP contribution in [0.1, 0.15) is 24.1 Å². The van der Waals surface area contributed by atoms with Gasteiger partial charge in [-0.2, -0.15) is 0 Å². The maximum absolute atomic E-state index is 13.9. The molecule has 2 aromatic carbocycles. The van der Waals surface area contributed by atoms with Crippen molar-refractivity contribution in [3.8, 4) is 5.75 Å². The maximum Gasteiger partial charge on any atom is 0.339 e. The molecule has 154 valence electrons. The molecule has 2 aromatic rings. The molecule has 0 bridgehead atoms. The lowest BCUT2D eigenvalue weighted by molar-refractivity contribution is -0.138. The van der Waals surface area contributed by atoms with E-state index in [-0.39, 0.29) is 12.4 Å². The van der Waals surface area contributed by atoms with Crippen LogP contribution in [0, 0.1) is 5.82 Å². The number of nitrogens with zero attached hydrogens (tertiary/aromatic N) is 2. The third kappa shape index (κ3) is 3.84. The molecule has 0 fully saturated rings. The van der Waals surface area contributed by atoms with Gasteiger partial charge in [0.1, 0.15) is 17.1 Å². The zero-order chi connectivity index (χ0) is 21.1. The van der Waals surface area contributed by atoms with Gasteiger partial charge < -0.3 is 20.6 Å². The summed E-state index contributed by atoms with van der Waals surface area (Å²) < 4.78 is 19.0. The van der Waals surface area contributed by atoms with E-state index in [4.69, 9.17) is 4.74 Å². The van der Waals surface area contributed by atoms with Crippen molar-refractivity contribution in [2.24, 2.45) is 4.99 Å². The minimum absolute atomic E-state index is 0.0189. The largest absolute Gasteiger partial charge is 0.508 e. The molecule has 0 aromatic heterocycles. The number of hydrogen-bond acceptors (Lipinski definition) is 7. The zero-order valence-corrected chi connectivity index (χ0v) is 16.2. The second-order valence-corrected chi connectivity index (χ2v) is 6.78. The molecule has 7 nitrogen and oxygen atoms in total. The highest BCUT2D eigenvalue weighted by molar-refractivity contribution is 5.91. The Morgan fingerprint density at radius 2 is 2.13 bits per heavy atom. The van der Waals surface area contributed by atoms with Crippen molar-refractivity contribution in [3.63, 3.8) is 0 Å². The zero-order valence-electron chi connectivity index (χ0n) is 16.2. The molecule has 0 saturated carbocycles. The van der Waals surface area contributed by atoms with Crippen molar-refractivity contribution in [3.05, 3.63) is 89.1 Å². The predicted octanol–water partition coefficient (Wildman–Crippen LogP) is 2.73. The van der Waals surface area contributed by atoms with E-state index in [1.165, 1.54) is 18.2 Å². The lowest BCUT2D eigenvalue weighted by atomic mass is 9.97. The molecule has 3 N–H and O–H groups in total. The average molecular weight is 408 g/mol. The maximum atomic E-state index is 13.9. The highest BCUT2D eigenvalue weighted by atomic mass is 19.1. The van der Waals surface area contributed by atoms with Gasteiger partial charge in [-0.05, 0) is 30.7 Å². The van der Waals surface area contributed by atoms with Gasteiger partial charge in [-0.15, -0.1) is 0 Å². The predicted molar refractivity (Wildman–Crippen MR) is 110 cm³/mol. The van der Waals surface area contributed by atoms with Crippen molar-refractivity contribution in [1.82, 2.24) is 15.8 Å². The molecular formula is C22H21FN4O3. The van der Waals surface area contributed by atoms with Gasteiger partial charge in [-0.1, -0.05) is 30.3 Å². The molecule has 8 heteroatoms. The normalized spacial score (nSPS) is 18.1. The number of rotatable bonds is 6. The number of halogens is 1. The smallest absolute Gasteiger partial charge is 0.339 e. The van der Waals surface area contributed by atoms with E-state index < -0.39 is 24.0 Å². The molecule has 2 heterocycles. The van der Waals surface area contributed by atoms with Crippen LogP contribution in [0.2, 0.25) is 0 Å². The highest BCUT2D eigenvalue weighted by Gasteiger charge is 2.33. The van der Waals surface area contributed by atoms with E-state index in [0.29, 0.717) is 16.8 Å². The Morgan fingerprint density at radius 3 is 2.90 bits per heavy atom. The third-order valence-electron chi connectivity index (χ3n) is 4.80. The fraction of sp³-hybridized carbons (Fsp3) is 0.182. The number of fused-ring (bicyclic) bond motifs is 1. The number of benzene rings is 2. The highest BCUT2D eigenvalue weighted by Crippen LogP contribution is 2.31. The second kappa shape index (κ2) is 8.28. The summed E-state index contributed by atoms with van der Waals surface area (Å²) in [4.78, 5) is 16.5. The standard InChI is InChI=1S/C22H21FN4O3/c1-2-30-22(29)18-12-25-27-13-16(11-24-21(18)27)26-20(14-6-4-3-5-7-14)17-10-15(23)8-9-19(17)28/h3-13,20-21,25-26,28H,2H2,1H3/t20-,21-/m0/s1. The van der Waals surface area contributed by atoms with Gasteiger partial charge in [0.15, 0.2) is 6.17 Å². The van der Waals surface area contributed by atoms with Gasteiger partial charge in [-0.3, -0.25) is 10.0 Å². The van der Waals surface area contributed by atoms with Crippen LogP contribution >= 0.6 is 0 Å². The van der Waals surface area contributed by atoms with E-state index in [1.807, 2.05) is 30.3 Å². The first kappa shape index (κ1) is 19.5. The number of carbonyl (C=O) groups excluding carboxylic acids is 1. The SMILES string of the molecule is CCOC(=O)C1=CNN2C=C(N[C@@H](c3ccccc3)c3cc(F)ccc3O)C=N[C@H]12. The van der Waals surface area contributed by atoms with Crippen LogP contribution in [-0.4, -0.2) is 35.1 Å². The number of esters is 1. The Balaban J connectivity index is 1.60. The minimum atomic E-state index is -0.521. The summed E-state index contributed by atoms with van der Waals surface area (Å²) in [5, 5.41) is 15.3. The molecular weight excluding hydrogens is 387 g/mol. The number of carbonyl (C=O) groups is 1. The number of aromatic hydroxyl groups is 1. The van der Waals surface area contributed by atoms with Gasteiger partial charge in [0.05, 0.1) is 18.3 Å². The Kier molecular flexibility index (Phi) is 5.38. The second-order valence-electron chi connectivity index (χ2n) is 6.78. The topological polar surface area (TPSA) is 86.2 Å². The molecule has 2 aliphatic rings. The van der Waals surface area contributed by atoms with E-state index >= 15 is 0 Å². The monoisotopic (exact) mass is 408 g/mol. The average Bonchev–Trinajstić information content (AvgIpc) is 3.18. The van der Waals surface area contributed by atoms with Crippen molar-refractivity contribution in [1.29, 1.82) is 0 Å². The Bertz CT molecular complexity index is 1040. The summed E-state index contributed by atoms with van der Waals surface area (Å²) in [6, 6.07) is 12.7. The van der Waals surface area contributed by atoms with Crippen LogP contribution in [-0.2, 0) is 9.53 Å². The lowest BCUT2D eigenvalue weighted by Gasteiger charge is -2.28. The molecule has 4 rings (SSSR count). The first-order valence-corrected chi connectivity index (χ1v) is 9.53. The van der Waals surface area contributed by atoms with Gasteiger partial charge >= 0.3 is 5.97 Å². The van der Waals surface area contributed by atoms with Crippen LogP contribution < -0.4 is 10.7 Å². The quantitative estimate of drug-likeness (QED) is 0.638. The molecule has 0 unspecified atom stereocenters. The Morgan fingerprint density at radius 1 is 1.33 bits per heavy atom. The molecule has 2 aliphatic heterocycles. The van der Waals surface area contributed by atoms with E-state index in [0.717, 1.165) is 5.56 Å². The summed E-state index contributed by atoms with van der Waals surface area (Å²) in [7, 11) is 0. The number of phenolic OH excluding ortho intramolecular Hbond substituents is 1. The number of aliphatic imine (C=N–C) groups is 1. The van der Waals surface area contributed by atoms with Crippen molar-refractivity contribution in [2.75, 3.05) is 6.61 Å². The van der Waals surface area contributed by atoms with Gasteiger partial charge in [0.2, 0.25) is 0 Å². The number of hydrazine groups is 1. The van der Waals surface area contributed by atoms with Crippen LogP contribution in [0.25, 0.3) is 0 Å². The summed E-state index contributed by atoms with van der Waals surface area (Å²) in [6.07, 6.45) is 4.40. The van der Waals surface area contributed by atoms with Gasteiger partial charge in [-0.25, -0.2) is 9.18 Å². The first-order chi connectivity index (χ1) is 14.6. The lowest BCUT2D eigenvalue weighted by Crippen LogP contribution is -2.38. The first-order valence-electron chi connectivity index (χ1n) is 9.53. The minimum Gasteiger partial charge on any atom is -0.508 e. The summed E-state index contributed by atoms with van der Waals surface area (Å²) >= 11 is 0. The van der Waals surface area contributed by atoms with Crippen LogP contribution in [0.4, 0.5) is 4.39 Å². The fourth-order valence-electron chi connectivity index (χ4n) is 3.40. The number of phenols is 1. The van der Waals surface area contributed by atoms with E-state index in [9.17, 15) is 14.3 Å².